The van der Waals surface area contributed by atoms with Crippen molar-refractivity contribution in [3.63, 3.8) is 0 Å². The summed E-state index contributed by atoms with van der Waals surface area (Å²) in [6.07, 6.45) is 0. The van der Waals surface area contributed by atoms with Gasteiger partial charge in [0, 0.05) is 11.7 Å². The average Bonchev–Trinajstić information content (AvgIpc) is 2.49. The Morgan fingerprint density at radius 1 is 1.10 bits per heavy atom. The van der Waals surface area contributed by atoms with Crippen LogP contribution >= 0.6 is 0 Å². The molecule has 110 valence electrons. The van der Waals surface area contributed by atoms with E-state index in [2.05, 4.69) is 29.7 Å². The molecule has 1 amide bonds. The number of hydrogen-bond acceptors (Lipinski definition) is 2. The van der Waals surface area contributed by atoms with Crippen LogP contribution in [0, 0.1) is 13.8 Å². The maximum Gasteiger partial charge on any atom is 0.238 e. The van der Waals surface area contributed by atoms with Gasteiger partial charge in [0.2, 0.25) is 5.91 Å². The van der Waals surface area contributed by atoms with E-state index in [0.29, 0.717) is 6.54 Å². The van der Waals surface area contributed by atoms with Crippen LogP contribution < -0.4 is 10.6 Å². The van der Waals surface area contributed by atoms with Gasteiger partial charge in [0.15, 0.2) is 0 Å². The highest BCUT2D eigenvalue weighted by atomic mass is 16.1. The molecular weight excluding hydrogens is 260 g/mol. The van der Waals surface area contributed by atoms with Crippen molar-refractivity contribution in [3.8, 4) is 0 Å². The molecule has 0 spiro atoms. The summed E-state index contributed by atoms with van der Waals surface area (Å²) in [4.78, 5) is 12.0. The van der Waals surface area contributed by atoms with Crippen LogP contribution in [0.2, 0.25) is 0 Å². The topological polar surface area (TPSA) is 41.1 Å². The lowest BCUT2D eigenvalue weighted by atomic mass is 10.1. The van der Waals surface area contributed by atoms with E-state index in [0.717, 1.165) is 16.8 Å². The van der Waals surface area contributed by atoms with Crippen LogP contribution in [0.5, 0.6) is 0 Å². The van der Waals surface area contributed by atoms with Crippen LogP contribution in [0.1, 0.15) is 29.7 Å². The summed E-state index contributed by atoms with van der Waals surface area (Å²) in [5, 5.41) is 6.20. The molecule has 2 aromatic carbocycles. The number of nitrogens with one attached hydrogen (secondary N) is 2. The van der Waals surface area contributed by atoms with Gasteiger partial charge in [0.05, 0.1) is 6.54 Å². The van der Waals surface area contributed by atoms with Gasteiger partial charge in [-0.1, -0.05) is 42.5 Å². The molecule has 3 heteroatoms. The van der Waals surface area contributed by atoms with Crippen molar-refractivity contribution in [2.24, 2.45) is 0 Å². The Bertz CT molecular complexity index is 608. The second kappa shape index (κ2) is 7.04. The standard InChI is InChI=1S/C18H22N2O/c1-13-9-10-14(2)17(11-13)20-18(21)12-19-15(3)16-7-5-4-6-8-16/h4-11,15,19H,12H2,1-3H3,(H,20,21). The molecular formula is C18H22N2O. The Balaban J connectivity index is 1.89. The van der Waals surface area contributed by atoms with Crippen LogP contribution in [-0.2, 0) is 4.79 Å². The summed E-state index contributed by atoms with van der Waals surface area (Å²) in [5.41, 5.74) is 4.28. The zero-order valence-corrected chi connectivity index (χ0v) is 12.8. The third-order valence-corrected chi connectivity index (χ3v) is 3.54. The molecule has 2 N–H and O–H groups in total. The molecule has 0 saturated heterocycles. The van der Waals surface area contributed by atoms with Gasteiger partial charge in [0.25, 0.3) is 0 Å². The van der Waals surface area contributed by atoms with E-state index in [9.17, 15) is 4.79 Å². The summed E-state index contributed by atoms with van der Waals surface area (Å²) >= 11 is 0. The van der Waals surface area contributed by atoms with Crippen LogP contribution in [-0.4, -0.2) is 12.5 Å². The van der Waals surface area contributed by atoms with Gasteiger partial charge in [0.1, 0.15) is 0 Å². The molecule has 3 nitrogen and oxygen atoms in total. The fourth-order valence-electron chi connectivity index (χ4n) is 2.17. The highest BCUT2D eigenvalue weighted by Gasteiger charge is 2.08. The van der Waals surface area contributed by atoms with Crippen LogP contribution in [0.25, 0.3) is 0 Å². The van der Waals surface area contributed by atoms with Gasteiger partial charge < -0.3 is 10.6 Å². The second-order valence-corrected chi connectivity index (χ2v) is 5.38. The first-order valence-electron chi connectivity index (χ1n) is 7.21. The Labute approximate surface area is 126 Å². The molecule has 0 aliphatic heterocycles. The summed E-state index contributed by atoms with van der Waals surface area (Å²) in [6, 6.07) is 16.3. The summed E-state index contributed by atoms with van der Waals surface area (Å²) in [5.74, 6) is -0.0218. The molecule has 0 saturated carbocycles. The largest absolute Gasteiger partial charge is 0.325 e. The normalized spacial score (nSPS) is 12.0. The molecule has 2 aromatic rings. The first-order valence-corrected chi connectivity index (χ1v) is 7.21. The number of aryl methyl sites for hydroxylation is 2. The van der Waals surface area contributed by atoms with Crippen LogP contribution in [0.4, 0.5) is 5.69 Å². The lowest BCUT2D eigenvalue weighted by Crippen LogP contribution is -2.30. The van der Waals surface area contributed by atoms with E-state index in [4.69, 9.17) is 0 Å². The van der Waals surface area contributed by atoms with Crippen molar-refractivity contribution in [1.82, 2.24) is 5.32 Å². The molecule has 1 atom stereocenters. The first kappa shape index (κ1) is 15.3. The van der Waals surface area contributed by atoms with Crippen molar-refractivity contribution in [1.29, 1.82) is 0 Å². The molecule has 0 bridgehead atoms. The number of amides is 1. The van der Waals surface area contributed by atoms with Crippen molar-refractivity contribution in [2.75, 3.05) is 11.9 Å². The number of benzene rings is 2. The lowest BCUT2D eigenvalue weighted by Gasteiger charge is -2.15. The Morgan fingerprint density at radius 2 is 1.81 bits per heavy atom. The minimum absolute atomic E-state index is 0.0218. The predicted octanol–water partition coefficient (Wildman–Crippen LogP) is 3.59. The third-order valence-electron chi connectivity index (χ3n) is 3.54. The minimum Gasteiger partial charge on any atom is -0.325 e. The summed E-state index contributed by atoms with van der Waals surface area (Å²) in [7, 11) is 0. The minimum atomic E-state index is -0.0218. The fourth-order valence-corrected chi connectivity index (χ4v) is 2.17. The van der Waals surface area contributed by atoms with E-state index in [1.54, 1.807) is 0 Å². The summed E-state index contributed by atoms with van der Waals surface area (Å²) in [6.45, 7) is 6.36. The number of hydrogen-bond donors (Lipinski definition) is 2. The van der Waals surface area contributed by atoms with Crippen LogP contribution in [0.3, 0.4) is 0 Å². The lowest BCUT2D eigenvalue weighted by molar-refractivity contribution is -0.115. The predicted molar refractivity (Wildman–Crippen MR) is 87.4 cm³/mol. The number of carbonyl (C=O) groups excluding carboxylic acids is 1. The zero-order chi connectivity index (χ0) is 15.2. The molecule has 0 aromatic heterocycles. The first-order chi connectivity index (χ1) is 10.1. The van der Waals surface area contributed by atoms with Gasteiger partial charge >= 0.3 is 0 Å². The van der Waals surface area contributed by atoms with Crippen LogP contribution in [0.15, 0.2) is 48.5 Å². The Hall–Kier alpha value is -2.13. The molecule has 0 aliphatic carbocycles. The number of anilines is 1. The maximum absolute atomic E-state index is 12.0. The molecule has 2 rings (SSSR count). The molecule has 0 fully saturated rings. The van der Waals surface area contributed by atoms with Crippen molar-refractivity contribution in [2.45, 2.75) is 26.8 Å². The SMILES string of the molecule is Cc1ccc(C)c(NC(=O)CNC(C)c2ccccc2)c1. The summed E-state index contributed by atoms with van der Waals surface area (Å²) < 4.78 is 0. The van der Waals surface area contributed by atoms with Gasteiger partial charge in [-0.3, -0.25) is 4.79 Å². The van der Waals surface area contributed by atoms with Crippen molar-refractivity contribution < 1.29 is 4.79 Å². The monoisotopic (exact) mass is 282 g/mol. The maximum atomic E-state index is 12.0. The second-order valence-electron chi connectivity index (χ2n) is 5.38. The fraction of sp³-hybridized carbons (Fsp3) is 0.278. The van der Waals surface area contributed by atoms with E-state index >= 15 is 0 Å². The third kappa shape index (κ3) is 4.43. The average molecular weight is 282 g/mol. The molecule has 0 aliphatic rings. The van der Waals surface area contributed by atoms with Crippen molar-refractivity contribution >= 4 is 11.6 Å². The highest BCUT2D eigenvalue weighted by molar-refractivity contribution is 5.93. The molecule has 0 radical (unpaired) electrons. The quantitative estimate of drug-likeness (QED) is 0.880. The smallest absolute Gasteiger partial charge is 0.238 e. The number of carbonyl (C=O) groups is 1. The molecule has 1 unspecified atom stereocenters. The molecule has 21 heavy (non-hydrogen) atoms. The Morgan fingerprint density at radius 3 is 2.52 bits per heavy atom. The van der Waals surface area contributed by atoms with Gasteiger partial charge in [-0.2, -0.15) is 0 Å². The van der Waals surface area contributed by atoms with E-state index in [1.165, 1.54) is 5.56 Å². The van der Waals surface area contributed by atoms with E-state index < -0.39 is 0 Å². The zero-order valence-electron chi connectivity index (χ0n) is 12.8. The van der Waals surface area contributed by atoms with Gasteiger partial charge in [-0.05, 0) is 43.5 Å². The number of rotatable bonds is 5. The highest BCUT2D eigenvalue weighted by Crippen LogP contribution is 2.16. The van der Waals surface area contributed by atoms with Crippen molar-refractivity contribution in [3.05, 3.63) is 65.2 Å². The van der Waals surface area contributed by atoms with E-state index in [-0.39, 0.29) is 11.9 Å². The van der Waals surface area contributed by atoms with Gasteiger partial charge in [-0.25, -0.2) is 0 Å². The Kier molecular flexibility index (Phi) is 5.12. The van der Waals surface area contributed by atoms with Gasteiger partial charge in [-0.15, -0.1) is 0 Å². The van der Waals surface area contributed by atoms with E-state index in [1.807, 2.05) is 50.2 Å². The molecule has 0 heterocycles.